The maximum absolute atomic E-state index is 12.1. The second-order valence-corrected chi connectivity index (χ2v) is 6.82. The molecular formula is C22H26O2. The van der Waals surface area contributed by atoms with E-state index in [0.717, 1.165) is 12.8 Å². The first kappa shape index (κ1) is 16.8. The number of fused-ring (bicyclic) bond motifs is 3. The molecule has 126 valence electrons. The summed E-state index contributed by atoms with van der Waals surface area (Å²) in [5, 5.41) is 0. The van der Waals surface area contributed by atoms with Crippen LogP contribution in [0, 0.1) is 5.92 Å². The maximum atomic E-state index is 12.1. The van der Waals surface area contributed by atoms with E-state index in [-0.39, 0.29) is 11.9 Å². The normalized spacial score (nSPS) is 14.1. The minimum absolute atomic E-state index is 0.0693. The number of benzene rings is 2. The third-order valence-corrected chi connectivity index (χ3v) is 5.15. The predicted octanol–water partition coefficient (Wildman–Crippen LogP) is 5.56. The van der Waals surface area contributed by atoms with Crippen molar-refractivity contribution < 1.29 is 9.53 Å². The van der Waals surface area contributed by atoms with Gasteiger partial charge < -0.3 is 4.74 Å². The fraction of sp³-hybridized carbons (Fsp3) is 0.409. The Hall–Kier alpha value is -2.09. The van der Waals surface area contributed by atoms with E-state index in [0.29, 0.717) is 18.9 Å². The molecule has 0 aromatic heterocycles. The van der Waals surface area contributed by atoms with Crippen LogP contribution in [0.2, 0.25) is 0 Å². The molecule has 0 bridgehead atoms. The summed E-state index contributed by atoms with van der Waals surface area (Å²) < 4.78 is 5.62. The fourth-order valence-corrected chi connectivity index (χ4v) is 3.49. The number of hydrogen-bond acceptors (Lipinski definition) is 2. The number of ether oxygens (including phenoxy) is 1. The first-order valence-corrected chi connectivity index (χ1v) is 9.04. The van der Waals surface area contributed by atoms with E-state index in [1.54, 1.807) is 0 Å². The van der Waals surface area contributed by atoms with Gasteiger partial charge in [-0.15, -0.1) is 0 Å². The highest BCUT2D eigenvalue weighted by molar-refractivity contribution is 5.79. The number of carbonyl (C=O) groups excluding carboxylic acids is 1. The van der Waals surface area contributed by atoms with Gasteiger partial charge in [-0.3, -0.25) is 4.79 Å². The van der Waals surface area contributed by atoms with Crippen molar-refractivity contribution in [1.82, 2.24) is 0 Å². The minimum atomic E-state index is -0.0693. The highest BCUT2D eigenvalue weighted by atomic mass is 16.5. The Bertz CT molecular complexity index is 659. The summed E-state index contributed by atoms with van der Waals surface area (Å²) in [6, 6.07) is 16.9. The zero-order valence-electron chi connectivity index (χ0n) is 14.6. The molecule has 0 N–H and O–H groups in total. The average Bonchev–Trinajstić information content (AvgIpc) is 2.94. The predicted molar refractivity (Wildman–Crippen MR) is 98.0 cm³/mol. The summed E-state index contributed by atoms with van der Waals surface area (Å²) in [5.41, 5.74) is 5.08. The third kappa shape index (κ3) is 3.53. The average molecular weight is 322 g/mol. The van der Waals surface area contributed by atoms with Crippen LogP contribution in [0.1, 0.15) is 56.6 Å². The molecule has 0 fully saturated rings. The van der Waals surface area contributed by atoms with Gasteiger partial charge in [-0.05, 0) is 34.6 Å². The first-order valence-electron chi connectivity index (χ1n) is 9.04. The van der Waals surface area contributed by atoms with Gasteiger partial charge in [-0.2, -0.15) is 0 Å². The second kappa shape index (κ2) is 7.65. The van der Waals surface area contributed by atoms with Crippen molar-refractivity contribution in [2.75, 3.05) is 6.61 Å². The number of hydrogen-bond donors (Lipinski definition) is 0. The third-order valence-electron chi connectivity index (χ3n) is 5.15. The maximum Gasteiger partial charge on any atom is 0.305 e. The molecule has 0 amide bonds. The van der Waals surface area contributed by atoms with Crippen molar-refractivity contribution >= 4 is 5.97 Å². The Balaban J connectivity index is 1.62. The van der Waals surface area contributed by atoms with Crippen LogP contribution in [0.4, 0.5) is 0 Å². The lowest BCUT2D eigenvalue weighted by atomic mass is 9.98. The number of esters is 1. The molecule has 1 aliphatic rings. The van der Waals surface area contributed by atoms with Crippen molar-refractivity contribution in [2.24, 2.45) is 5.92 Å². The van der Waals surface area contributed by atoms with Gasteiger partial charge in [0.2, 0.25) is 0 Å². The molecule has 1 aliphatic carbocycles. The fourth-order valence-electron chi connectivity index (χ4n) is 3.49. The summed E-state index contributed by atoms with van der Waals surface area (Å²) in [7, 11) is 0. The molecule has 24 heavy (non-hydrogen) atoms. The minimum Gasteiger partial charge on any atom is -0.465 e. The van der Waals surface area contributed by atoms with Crippen molar-refractivity contribution in [3.05, 3.63) is 59.7 Å². The molecule has 2 nitrogen and oxygen atoms in total. The Labute approximate surface area is 144 Å². The highest BCUT2D eigenvalue weighted by Crippen LogP contribution is 2.44. The second-order valence-electron chi connectivity index (χ2n) is 6.82. The lowest BCUT2D eigenvalue weighted by molar-refractivity contribution is -0.144. The zero-order chi connectivity index (χ0) is 16.9. The van der Waals surface area contributed by atoms with Crippen LogP contribution < -0.4 is 0 Å². The molecule has 0 spiro atoms. The molecule has 0 aliphatic heterocycles. The lowest BCUT2D eigenvalue weighted by Gasteiger charge is -2.14. The van der Waals surface area contributed by atoms with Gasteiger partial charge in [0.1, 0.15) is 6.61 Å². The van der Waals surface area contributed by atoms with Crippen LogP contribution in [0.15, 0.2) is 48.5 Å². The zero-order valence-corrected chi connectivity index (χ0v) is 14.6. The summed E-state index contributed by atoms with van der Waals surface area (Å²) in [4.78, 5) is 12.1. The SMILES string of the molecule is CCC(C)CCCC(=O)OCC1c2ccccc2-c2ccccc21. The molecule has 2 aromatic rings. The van der Waals surface area contributed by atoms with Crippen LogP contribution in [-0.4, -0.2) is 12.6 Å². The van der Waals surface area contributed by atoms with Gasteiger partial charge in [0.05, 0.1) is 0 Å². The monoisotopic (exact) mass is 322 g/mol. The van der Waals surface area contributed by atoms with Crippen molar-refractivity contribution in [3.8, 4) is 11.1 Å². The van der Waals surface area contributed by atoms with Crippen LogP contribution >= 0.6 is 0 Å². The molecule has 1 unspecified atom stereocenters. The van der Waals surface area contributed by atoms with E-state index < -0.39 is 0 Å². The van der Waals surface area contributed by atoms with E-state index in [2.05, 4.69) is 62.4 Å². The van der Waals surface area contributed by atoms with Gasteiger partial charge in [-0.25, -0.2) is 0 Å². The van der Waals surface area contributed by atoms with Crippen LogP contribution in [0.3, 0.4) is 0 Å². The standard InChI is InChI=1S/C22H26O2/c1-3-16(2)9-8-14-22(23)24-15-21-19-12-6-4-10-17(19)18-11-5-7-13-20(18)21/h4-7,10-13,16,21H,3,8-9,14-15H2,1-2H3. The summed E-state index contributed by atoms with van der Waals surface area (Å²) in [6.07, 6.45) is 3.72. The van der Waals surface area contributed by atoms with Gasteiger partial charge in [0.25, 0.3) is 0 Å². The van der Waals surface area contributed by atoms with E-state index in [1.165, 1.54) is 28.7 Å². The number of carbonyl (C=O) groups is 1. The Morgan fingerprint density at radius 1 is 1.04 bits per heavy atom. The molecular weight excluding hydrogens is 296 g/mol. The van der Waals surface area contributed by atoms with E-state index in [4.69, 9.17) is 4.74 Å². The Morgan fingerprint density at radius 3 is 2.21 bits per heavy atom. The molecule has 3 rings (SSSR count). The van der Waals surface area contributed by atoms with Crippen LogP contribution in [-0.2, 0) is 9.53 Å². The first-order chi connectivity index (χ1) is 11.7. The summed E-state index contributed by atoms with van der Waals surface area (Å²) in [6.45, 7) is 4.87. The topological polar surface area (TPSA) is 26.3 Å². The van der Waals surface area contributed by atoms with Gasteiger partial charge in [0.15, 0.2) is 0 Å². The molecule has 2 heteroatoms. The largest absolute Gasteiger partial charge is 0.465 e. The van der Waals surface area contributed by atoms with E-state index in [9.17, 15) is 4.79 Å². The van der Waals surface area contributed by atoms with Gasteiger partial charge in [-0.1, -0.05) is 75.2 Å². The quantitative estimate of drug-likeness (QED) is 0.624. The smallest absolute Gasteiger partial charge is 0.305 e. The molecule has 2 aromatic carbocycles. The van der Waals surface area contributed by atoms with Crippen molar-refractivity contribution in [1.29, 1.82) is 0 Å². The Kier molecular flexibility index (Phi) is 5.34. The van der Waals surface area contributed by atoms with Gasteiger partial charge >= 0.3 is 5.97 Å². The van der Waals surface area contributed by atoms with Crippen molar-refractivity contribution in [3.63, 3.8) is 0 Å². The number of rotatable bonds is 7. The highest BCUT2D eigenvalue weighted by Gasteiger charge is 2.28. The summed E-state index contributed by atoms with van der Waals surface area (Å²) >= 11 is 0. The van der Waals surface area contributed by atoms with Crippen molar-refractivity contribution in [2.45, 2.75) is 45.4 Å². The van der Waals surface area contributed by atoms with Crippen LogP contribution in [0.25, 0.3) is 11.1 Å². The van der Waals surface area contributed by atoms with E-state index in [1.807, 2.05) is 0 Å². The summed E-state index contributed by atoms with van der Waals surface area (Å²) in [5.74, 6) is 0.780. The molecule has 0 heterocycles. The van der Waals surface area contributed by atoms with E-state index >= 15 is 0 Å². The Morgan fingerprint density at radius 2 is 1.62 bits per heavy atom. The molecule has 1 atom stereocenters. The van der Waals surface area contributed by atoms with Gasteiger partial charge in [0, 0.05) is 12.3 Å². The van der Waals surface area contributed by atoms with Crippen LogP contribution in [0.5, 0.6) is 0 Å². The molecule has 0 saturated heterocycles. The molecule has 0 radical (unpaired) electrons. The lowest BCUT2D eigenvalue weighted by Crippen LogP contribution is -2.12. The molecule has 0 saturated carbocycles.